The Balaban J connectivity index is 2.03. The van der Waals surface area contributed by atoms with Crippen molar-refractivity contribution in [3.8, 4) is 0 Å². The van der Waals surface area contributed by atoms with Crippen LogP contribution in [0.25, 0.3) is 0 Å². The minimum atomic E-state index is -0.971. The highest BCUT2D eigenvalue weighted by atomic mass is 35.5. The van der Waals surface area contributed by atoms with Gasteiger partial charge in [0.15, 0.2) is 0 Å². The van der Waals surface area contributed by atoms with Crippen LogP contribution in [0.3, 0.4) is 0 Å². The summed E-state index contributed by atoms with van der Waals surface area (Å²) in [7, 11) is 0. The van der Waals surface area contributed by atoms with E-state index in [0.29, 0.717) is 10.7 Å². The van der Waals surface area contributed by atoms with Crippen molar-refractivity contribution in [1.29, 1.82) is 0 Å². The summed E-state index contributed by atoms with van der Waals surface area (Å²) in [6.45, 7) is 11.0. The second kappa shape index (κ2) is 11.8. The van der Waals surface area contributed by atoms with E-state index in [1.54, 1.807) is 31.7 Å². The number of hydrogen-bond acceptors (Lipinski definition) is 5. The Bertz CT molecular complexity index is 1160. The third-order valence-corrected chi connectivity index (χ3v) is 6.98. The molecule has 0 spiro atoms. The number of nitrogens with zero attached hydrogens (tertiary/aromatic N) is 1. The molecule has 0 aromatic heterocycles. The van der Waals surface area contributed by atoms with Gasteiger partial charge >= 0.3 is 6.09 Å². The molecule has 0 saturated heterocycles. The monoisotopic (exact) mass is 545 g/mol. The van der Waals surface area contributed by atoms with Gasteiger partial charge in [-0.1, -0.05) is 41.9 Å². The lowest BCUT2D eigenvalue weighted by molar-refractivity contribution is -0.141. The van der Waals surface area contributed by atoms with Crippen LogP contribution in [0.4, 0.5) is 10.5 Å². The molecule has 37 heavy (non-hydrogen) atoms. The van der Waals surface area contributed by atoms with Gasteiger partial charge < -0.3 is 20.3 Å². The fourth-order valence-corrected chi connectivity index (χ4v) is 4.67. The lowest BCUT2D eigenvalue weighted by Crippen LogP contribution is -2.54. The number of alkyl carbamates (subject to hydrolysis) is 1. The third kappa shape index (κ3) is 7.20. The summed E-state index contributed by atoms with van der Waals surface area (Å²) in [6, 6.07) is 9.06. The Labute approximate surface area is 229 Å². The zero-order valence-electron chi connectivity index (χ0n) is 22.2. The van der Waals surface area contributed by atoms with Crippen molar-refractivity contribution in [3.05, 3.63) is 63.7 Å². The lowest BCUT2D eigenvalue weighted by Gasteiger charge is -2.35. The van der Waals surface area contributed by atoms with Crippen molar-refractivity contribution >= 4 is 47.8 Å². The molecule has 1 saturated carbocycles. The average Bonchev–Trinajstić information content (AvgIpc) is 3.64. The summed E-state index contributed by atoms with van der Waals surface area (Å²) in [4.78, 5) is 42.0. The molecule has 0 radical (unpaired) electrons. The van der Waals surface area contributed by atoms with Crippen molar-refractivity contribution < 1.29 is 19.1 Å². The third-order valence-electron chi connectivity index (χ3n) is 6.30. The van der Waals surface area contributed by atoms with Crippen LogP contribution >= 0.6 is 24.2 Å². The highest BCUT2D eigenvalue weighted by molar-refractivity contribution is 7.80. The molecule has 2 N–H and O–H groups in total. The van der Waals surface area contributed by atoms with E-state index in [1.807, 2.05) is 51.1 Å². The van der Waals surface area contributed by atoms with Crippen LogP contribution in [0, 0.1) is 20.8 Å². The molecule has 3 rings (SSSR count). The van der Waals surface area contributed by atoms with Crippen molar-refractivity contribution in [2.45, 2.75) is 78.1 Å². The molecule has 0 bridgehead atoms. The number of aryl methyl sites for hydroxylation is 2. The number of anilines is 1. The van der Waals surface area contributed by atoms with Gasteiger partial charge in [-0.05, 0) is 82.7 Å². The number of amides is 3. The maximum atomic E-state index is 14.0. The average molecular weight is 546 g/mol. The highest BCUT2D eigenvalue weighted by Gasteiger charge is 2.44. The maximum absolute atomic E-state index is 14.0. The molecule has 0 heterocycles. The highest BCUT2D eigenvalue weighted by Crippen LogP contribution is 2.38. The molecule has 200 valence electrons. The number of halogens is 1. The van der Waals surface area contributed by atoms with Crippen molar-refractivity contribution in [3.63, 3.8) is 0 Å². The standard InChI is InChI=1S/C28H36ClN3O4S/c1-16-9-7-11-20(18(16)3)24(25(33)31-23-17(2)10-8-12-21(23)29)32(19-13-14-19)26(34)22(15-37)30-27(35)36-28(4,5)6/h7-12,19,22,24,37H,13-15H2,1-6H3,(H,30,35)(H,31,33). The first-order valence-corrected chi connectivity index (χ1v) is 13.4. The van der Waals surface area contributed by atoms with Crippen LogP contribution in [0.2, 0.25) is 5.02 Å². The smallest absolute Gasteiger partial charge is 0.408 e. The Morgan fingerprint density at radius 2 is 1.70 bits per heavy atom. The summed E-state index contributed by atoms with van der Waals surface area (Å²) in [5.41, 5.74) is 3.23. The fourth-order valence-electron chi connectivity index (χ4n) is 4.16. The van der Waals surface area contributed by atoms with Gasteiger partial charge in [0, 0.05) is 11.8 Å². The molecule has 7 nitrogen and oxygen atoms in total. The number of nitrogens with one attached hydrogen (secondary N) is 2. The summed E-state index contributed by atoms with van der Waals surface area (Å²) < 4.78 is 5.36. The van der Waals surface area contributed by atoms with Gasteiger partial charge in [0.25, 0.3) is 5.91 Å². The first kappa shape index (κ1) is 28.9. The van der Waals surface area contributed by atoms with E-state index in [-0.39, 0.29) is 23.6 Å². The van der Waals surface area contributed by atoms with Gasteiger partial charge in [-0.25, -0.2) is 4.79 Å². The van der Waals surface area contributed by atoms with Crippen LogP contribution < -0.4 is 10.6 Å². The molecule has 2 atom stereocenters. The van der Waals surface area contributed by atoms with Gasteiger partial charge in [0.2, 0.25) is 5.91 Å². The fraction of sp³-hybridized carbons (Fsp3) is 0.464. The Kier molecular flexibility index (Phi) is 9.18. The maximum Gasteiger partial charge on any atom is 0.408 e. The van der Waals surface area contributed by atoms with E-state index < -0.39 is 23.8 Å². The van der Waals surface area contributed by atoms with E-state index >= 15 is 0 Å². The normalized spacial score (nSPS) is 14.9. The summed E-state index contributed by atoms with van der Waals surface area (Å²) in [6.07, 6.45) is 0.809. The minimum Gasteiger partial charge on any atom is -0.444 e. The topological polar surface area (TPSA) is 87.7 Å². The van der Waals surface area contributed by atoms with Crippen LogP contribution in [0.15, 0.2) is 36.4 Å². The number of carbonyl (C=O) groups excluding carboxylic acids is 3. The summed E-state index contributed by atoms with van der Waals surface area (Å²) >= 11 is 10.8. The Hall–Kier alpha value is -2.71. The molecule has 2 aromatic carbocycles. The molecule has 2 aromatic rings. The number of para-hydroxylation sites is 1. The second-order valence-corrected chi connectivity index (χ2v) is 11.2. The molecular weight excluding hydrogens is 510 g/mol. The molecular formula is C28H36ClN3O4S. The molecule has 1 fully saturated rings. The van der Waals surface area contributed by atoms with Gasteiger partial charge in [0.05, 0.1) is 10.7 Å². The molecule has 1 aliphatic rings. The predicted octanol–water partition coefficient (Wildman–Crippen LogP) is 5.76. The van der Waals surface area contributed by atoms with Gasteiger partial charge in [-0.15, -0.1) is 0 Å². The minimum absolute atomic E-state index is 0.0477. The van der Waals surface area contributed by atoms with E-state index in [9.17, 15) is 14.4 Å². The van der Waals surface area contributed by atoms with E-state index in [4.69, 9.17) is 16.3 Å². The predicted molar refractivity (Wildman–Crippen MR) is 150 cm³/mol. The molecule has 1 aliphatic carbocycles. The van der Waals surface area contributed by atoms with E-state index in [2.05, 4.69) is 23.3 Å². The zero-order chi connectivity index (χ0) is 27.5. The van der Waals surface area contributed by atoms with Crippen molar-refractivity contribution in [2.75, 3.05) is 11.1 Å². The summed E-state index contributed by atoms with van der Waals surface area (Å²) in [5.74, 6) is -0.716. The van der Waals surface area contributed by atoms with Gasteiger partial charge in [-0.2, -0.15) is 12.6 Å². The summed E-state index contributed by atoms with van der Waals surface area (Å²) in [5, 5.41) is 6.03. The van der Waals surface area contributed by atoms with Gasteiger partial charge in [-0.3, -0.25) is 9.59 Å². The first-order valence-electron chi connectivity index (χ1n) is 12.4. The number of ether oxygens (including phenoxy) is 1. The SMILES string of the molecule is Cc1cccc(C(C(=O)Nc2c(C)cccc2Cl)N(C(=O)C(CS)NC(=O)OC(C)(C)C)C2CC2)c1C. The van der Waals surface area contributed by atoms with Crippen LogP contribution in [-0.2, 0) is 14.3 Å². The van der Waals surface area contributed by atoms with Crippen molar-refractivity contribution in [1.82, 2.24) is 10.2 Å². The lowest BCUT2D eigenvalue weighted by atomic mass is 9.94. The number of benzene rings is 2. The van der Waals surface area contributed by atoms with Gasteiger partial charge in [0.1, 0.15) is 17.7 Å². The Morgan fingerprint density at radius 1 is 1.08 bits per heavy atom. The zero-order valence-corrected chi connectivity index (χ0v) is 23.9. The first-order chi connectivity index (χ1) is 17.3. The molecule has 3 amide bonds. The number of thiol groups is 1. The van der Waals surface area contributed by atoms with E-state index in [0.717, 1.165) is 35.1 Å². The second-order valence-electron chi connectivity index (χ2n) is 10.5. The molecule has 2 unspecified atom stereocenters. The van der Waals surface area contributed by atoms with Crippen LogP contribution in [0.5, 0.6) is 0 Å². The van der Waals surface area contributed by atoms with Crippen LogP contribution in [-0.4, -0.2) is 46.2 Å². The van der Waals surface area contributed by atoms with Crippen molar-refractivity contribution in [2.24, 2.45) is 0 Å². The quantitative estimate of drug-likeness (QED) is 0.368. The largest absolute Gasteiger partial charge is 0.444 e. The molecule has 0 aliphatic heterocycles. The molecule has 9 heteroatoms. The number of carbonyl (C=O) groups is 3. The van der Waals surface area contributed by atoms with Crippen LogP contribution in [0.1, 0.15) is 61.9 Å². The van der Waals surface area contributed by atoms with E-state index in [1.165, 1.54) is 0 Å². The number of hydrogen-bond donors (Lipinski definition) is 3. The Morgan fingerprint density at radius 3 is 2.27 bits per heavy atom. The number of rotatable bonds is 8.